The van der Waals surface area contributed by atoms with Crippen LogP contribution >= 0.6 is 0 Å². The number of anilines is 2. The molecule has 29 heavy (non-hydrogen) atoms. The molecule has 0 spiro atoms. The molecule has 1 aliphatic heterocycles. The van der Waals surface area contributed by atoms with Gasteiger partial charge in [0, 0.05) is 63.3 Å². The van der Waals surface area contributed by atoms with Crippen LogP contribution < -0.4 is 9.80 Å². The van der Waals surface area contributed by atoms with E-state index in [1.165, 1.54) is 0 Å². The highest BCUT2D eigenvalue weighted by molar-refractivity contribution is 5.94. The van der Waals surface area contributed by atoms with Crippen LogP contribution in [-0.2, 0) is 0 Å². The first-order valence-electron chi connectivity index (χ1n) is 9.96. The van der Waals surface area contributed by atoms with Gasteiger partial charge in [-0.3, -0.25) is 9.20 Å². The van der Waals surface area contributed by atoms with Crippen molar-refractivity contribution in [3.05, 3.63) is 47.9 Å². The number of benzene rings is 1. The van der Waals surface area contributed by atoms with E-state index in [-0.39, 0.29) is 5.91 Å². The molecule has 1 fully saturated rings. The molecule has 152 valence electrons. The summed E-state index contributed by atoms with van der Waals surface area (Å²) < 4.78 is 1.94. The lowest BCUT2D eigenvalue weighted by atomic mass is 10.1. The lowest BCUT2D eigenvalue weighted by Crippen LogP contribution is -2.49. The zero-order valence-electron chi connectivity index (χ0n) is 17.4. The molecule has 0 unspecified atom stereocenters. The molecule has 4 rings (SSSR count). The molecular weight excluding hydrogens is 366 g/mol. The van der Waals surface area contributed by atoms with Crippen LogP contribution in [-0.4, -0.2) is 70.7 Å². The van der Waals surface area contributed by atoms with Crippen LogP contribution in [0.3, 0.4) is 0 Å². The lowest BCUT2D eigenvalue weighted by Gasteiger charge is -2.35. The number of carbonyl (C=O) groups excluding carboxylic acids is 1. The molecule has 8 heteroatoms. The van der Waals surface area contributed by atoms with Crippen molar-refractivity contribution in [1.82, 2.24) is 24.5 Å². The van der Waals surface area contributed by atoms with Crippen LogP contribution in [0.1, 0.15) is 35.8 Å². The van der Waals surface area contributed by atoms with E-state index in [2.05, 4.69) is 40.0 Å². The van der Waals surface area contributed by atoms with Gasteiger partial charge in [0.15, 0.2) is 0 Å². The maximum atomic E-state index is 12.9. The Morgan fingerprint density at radius 1 is 1.07 bits per heavy atom. The molecule has 0 radical (unpaired) electrons. The molecule has 0 bridgehead atoms. The summed E-state index contributed by atoms with van der Waals surface area (Å²) in [5, 5.41) is 8.12. The van der Waals surface area contributed by atoms with Gasteiger partial charge >= 0.3 is 0 Å². The van der Waals surface area contributed by atoms with E-state index in [4.69, 9.17) is 0 Å². The summed E-state index contributed by atoms with van der Waals surface area (Å²) in [5.74, 6) is 1.93. The molecule has 0 saturated carbocycles. The Bertz CT molecular complexity index is 1000. The number of hydrogen-bond acceptors (Lipinski definition) is 6. The number of fused-ring (bicyclic) bond motifs is 1. The lowest BCUT2D eigenvalue weighted by molar-refractivity contribution is 0.0746. The fourth-order valence-corrected chi connectivity index (χ4v) is 3.65. The van der Waals surface area contributed by atoms with Gasteiger partial charge in [0.25, 0.3) is 11.7 Å². The average Bonchev–Trinajstić information content (AvgIpc) is 3.21. The Hall–Kier alpha value is -3.16. The second-order valence-electron chi connectivity index (χ2n) is 7.92. The summed E-state index contributed by atoms with van der Waals surface area (Å²) in [5.41, 5.74) is 2.95. The number of carbonyl (C=O) groups is 1. The van der Waals surface area contributed by atoms with Gasteiger partial charge < -0.3 is 14.7 Å². The highest BCUT2D eigenvalue weighted by Gasteiger charge is 2.24. The normalized spacial score (nSPS) is 14.7. The Morgan fingerprint density at radius 3 is 2.38 bits per heavy atom. The van der Waals surface area contributed by atoms with Gasteiger partial charge in [-0.05, 0) is 30.2 Å². The Kier molecular flexibility index (Phi) is 5.08. The molecule has 3 aromatic rings. The van der Waals surface area contributed by atoms with Gasteiger partial charge in [-0.15, -0.1) is 10.2 Å². The van der Waals surface area contributed by atoms with E-state index >= 15 is 0 Å². The first-order valence-corrected chi connectivity index (χ1v) is 9.96. The topological polar surface area (TPSA) is 69.9 Å². The highest BCUT2D eigenvalue weighted by atomic mass is 16.2. The Balaban J connectivity index is 1.46. The van der Waals surface area contributed by atoms with Crippen LogP contribution in [0.4, 0.5) is 11.5 Å². The highest BCUT2D eigenvalue weighted by Crippen LogP contribution is 2.22. The van der Waals surface area contributed by atoms with E-state index in [1.54, 1.807) is 6.33 Å². The molecule has 1 saturated heterocycles. The van der Waals surface area contributed by atoms with Crippen molar-refractivity contribution in [2.45, 2.75) is 19.8 Å². The SMILES string of the molecule is CC(C)c1cc(N2CCN(C(=O)c3ccc(N(C)C)cc3)CC2)nc2nncn12. The maximum Gasteiger partial charge on any atom is 0.256 e. The summed E-state index contributed by atoms with van der Waals surface area (Å²) in [6, 6.07) is 9.88. The van der Waals surface area contributed by atoms with Crippen LogP contribution in [0.25, 0.3) is 5.78 Å². The fourth-order valence-electron chi connectivity index (χ4n) is 3.65. The van der Waals surface area contributed by atoms with Crippen molar-refractivity contribution in [2.24, 2.45) is 0 Å². The third-order valence-electron chi connectivity index (χ3n) is 5.41. The minimum absolute atomic E-state index is 0.0821. The summed E-state index contributed by atoms with van der Waals surface area (Å²) >= 11 is 0. The van der Waals surface area contributed by atoms with Crippen molar-refractivity contribution in [1.29, 1.82) is 0 Å². The second kappa shape index (κ2) is 7.69. The maximum absolute atomic E-state index is 12.9. The average molecular weight is 393 g/mol. The first-order chi connectivity index (χ1) is 13.9. The Labute approximate surface area is 170 Å². The van der Waals surface area contributed by atoms with Crippen molar-refractivity contribution in [2.75, 3.05) is 50.1 Å². The molecule has 1 amide bonds. The molecule has 3 heterocycles. The predicted octanol–water partition coefficient (Wildman–Crippen LogP) is 2.28. The van der Waals surface area contributed by atoms with Gasteiger partial charge in [0.05, 0.1) is 0 Å². The van der Waals surface area contributed by atoms with Gasteiger partial charge in [-0.25, -0.2) is 0 Å². The number of rotatable bonds is 4. The van der Waals surface area contributed by atoms with Gasteiger partial charge in [-0.1, -0.05) is 13.8 Å². The van der Waals surface area contributed by atoms with E-state index < -0.39 is 0 Å². The number of aromatic nitrogens is 4. The predicted molar refractivity (Wildman–Crippen MR) is 114 cm³/mol. The third-order valence-corrected chi connectivity index (χ3v) is 5.41. The van der Waals surface area contributed by atoms with Crippen molar-refractivity contribution in [3.8, 4) is 0 Å². The number of piperazine rings is 1. The van der Waals surface area contributed by atoms with Crippen LogP contribution in [0.5, 0.6) is 0 Å². The molecule has 0 aliphatic carbocycles. The molecular formula is C21H27N7O. The number of hydrogen-bond donors (Lipinski definition) is 0. The van der Waals surface area contributed by atoms with Crippen LogP contribution in [0, 0.1) is 0 Å². The molecule has 1 aliphatic rings. The molecule has 1 aromatic carbocycles. The molecule has 8 nitrogen and oxygen atoms in total. The van der Waals surface area contributed by atoms with E-state index in [0.717, 1.165) is 35.9 Å². The molecule has 2 aromatic heterocycles. The third kappa shape index (κ3) is 3.74. The number of nitrogens with zero attached hydrogens (tertiary/aromatic N) is 7. The van der Waals surface area contributed by atoms with E-state index in [0.29, 0.717) is 24.8 Å². The quantitative estimate of drug-likeness (QED) is 0.677. The van der Waals surface area contributed by atoms with Crippen molar-refractivity contribution in [3.63, 3.8) is 0 Å². The minimum atomic E-state index is 0.0821. The van der Waals surface area contributed by atoms with Crippen LogP contribution in [0.2, 0.25) is 0 Å². The first kappa shape index (κ1) is 19.2. The molecule has 0 atom stereocenters. The van der Waals surface area contributed by atoms with Crippen molar-refractivity contribution < 1.29 is 4.79 Å². The van der Waals surface area contributed by atoms with Crippen molar-refractivity contribution >= 4 is 23.2 Å². The van der Waals surface area contributed by atoms with Gasteiger partial charge in [-0.2, -0.15) is 4.98 Å². The zero-order valence-corrected chi connectivity index (χ0v) is 17.4. The summed E-state index contributed by atoms with van der Waals surface area (Å²) in [6.45, 7) is 7.13. The largest absolute Gasteiger partial charge is 0.378 e. The van der Waals surface area contributed by atoms with Gasteiger partial charge in [0.1, 0.15) is 12.1 Å². The summed E-state index contributed by atoms with van der Waals surface area (Å²) in [6.07, 6.45) is 1.71. The summed E-state index contributed by atoms with van der Waals surface area (Å²) in [4.78, 5) is 23.7. The molecule has 0 N–H and O–H groups in total. The van der Waals surface area contributed by atoms with E-state index in [1.807, 2.05) is 52.6 Å². The van der Waals surface area contributed by atoms with Crippen LogP contribution in [0.15, 0.2) is 36.7 Å². The minimum Gasteiger partial charge on any atom is -0.378 e. The van der Waals surface area contributed by atoms with Gasteiger partial charge in [0.2, 0.25) is 0 Å². The Morgan fingerprint density at radius 2 is 1.76 bits per heavy atom. The smallest absolute Gasteiger partial charge is 0.256 e. The van der Waals surface area contributed by atoms with E-state index in [9.17, 15) is 4.79 Å². The summed E-state index contributed by atoms with van der Waals surface area (Å²) in [7, 11) is 3.98. The standard InChI is InChI=1S/C21H27N7O/c1-15(2)18-13-19(23-21-24-22-14-28(18)21)26-9-11-27(12-10-26)20(29)16-5-7-17(8-6-16)25(3)4/h5-8,13-15H,9-12H2,1-4H3. The second-order valence-corrected chi connectivity index (χ2v) is 7.92. The fraction of sp³-hybridized carbons (Fsp3) is 0.429. The number of amides is 1. The zero-order chi connectivity index (χ0) is 20.5. The monoisotopic (exact) mass is 393 g/mol.